The lowest BCUT2D eigenvalue weighted by atomic mass is 9.94. The van der Waals surface area contributed by atoms with Crippen LogP contribution in [0.4, 0.5) is 0 Å². The van der Waals surface area contributed by atoms with Crippen LogP contribution in [0.15, 0.2) is 22.7 Å². The maximum absolute atomic E-state index is 10.7. The zero-order chi connectivity index (χ0) is 14.0. The summed E-state index contributed by atoms with van der Waals surface area (Å²) >= 11 is 3.65. The fourth-order valence-corrected chi connectivity index (χ4v) is 4.28. The van der Waals surface area contributed by atoms with Gasteiger partial charge < -0.3 is 10.4 Å². The number of benzene rings is 1. The van der Waals surface area contributed by atoms with Gasteiger partial charge in [-0.3, -0.25) is 0 Å². The van der Waals surface area contributed by atoms with E-state index in [9.17, 15) is 5.11 Å². The Morgan fingerprint density at radius 3 is 2.70 bits per heavy atom. The van der Waals surface area contributed by atoms with E-state index < -0.39 is 5.60 Å². The van der Waals surface area contributed by atoms with E-state index in [4.69, 9.17) is 0 Å². The van der Waals surface area contributed by atoms with Gasteiger partial charge in [-0.2, -0.15) is 0 Å². The Kier molecular flexibility index (Phi) is 4.49. The highest BCUT2D eigenvalue weighted by Gasteiger charge is 2.30. The van der Waals surface area contributed by atoms with Crippen molar-refractivity contribution in [2.45, 2.75) is 63.0 Å². The average molecular weight is 338 g/mol. The fourth-order valence-electron chi connectivity index (χ4n) is 3.70. The topological polar surface area (TPSA) is 32.3 Å². The van der Waals surface area contributed by atoms with Gasteiger partial charge in [0.2, 0.25) is 0 Å². The maximum Gasteiger partial charge on any atom is 0.0771 e. The Bertz CT molecular complexity index is 466. The summed E-state index contributed by atoms with van der Waals surface area (Å²) in [6.07, 6.45) is 9.09. The van der Waals surface area contributed by atoms with Gasteiger partial charge in [0, 0.05) is 17.1 Å². The van der Waals surface area contributed by atoms with E-state index in [0.717, 1.165) is 32.2 Å². The molecule has 1 aromatic rings. The molecule has 0 amide bonds. The van der Waals surface area contributed by atoms with Gasteiger partial charge in [-0.15, -0.1) is 0 Å². The highest BCUT2D eigenvalue weighted by molar-refractivity contribution is 9.10. The largest absolute Gasteiger partial charge is 0.389 e. The number of hydrogen-bond acceptors (Lipinski definition) is 2. The first kappa shape index (κ1) is 14.6. The van der Waals surface area contributed by atoms with Gasteiger partial charge in [0.15, 0.2) is 0 Å². The highest BCUT2D eigenvalue weighted by Crippen LogP contribution is 2.36. The smallest absolute Gasteiger partial charge is 0.0771 e. The number of rotatable bonds is 3. The third kappa shape index (κ3) is 3.10. The minimum absolute atomic E-state index is 0.412. The molecule has 1 unspecified atom stereocenters. The summed E-state index contributed by atoms with van der Waals surface area (Å²) < 4.78 is 1.23. The van der Waals surface area contributed by atoms with Crippen molar-refractivity contribution in [3.63, 3.8) is 0 Å². The Hall–Kier alpha value is -0.380. The van der Waals surface area contributed by atoms with Crippen molar-refractivity contribution in [2.24, 2.45) is 0 Å². The van der Waals surface area contributed by atoms with Crippen LogP contribution in [0.25, 0.3) is 0 Å². The molecular formula is C17H24BrNO. The summed E-state index contributed by atoms with van der Waals surface area (Å²) in [5.41, 5.74) is 2.38. The molecule has 110 valence electrons. The Balaban J connectivity index is 1.64. The van der Waals surface area contributed by atoms with Crippen LogP contribution in [0.1, 0.15) is 62.1 Å². The molecule has 3 heteroatoms. The molecule has 0 spiro atoms. The number of halogens is 1. The SMILES string of the molecule is OC1(CNC2CCc3c(Br)cccc32)CCCCCC1. The molecule has 0 saturated heterocycles. The van der Waals surface area contributed by atoms with Crippen LogP contribution in [-0.4, -0.2) is 17.3 Å². The summed E-state index contributed by atoms with van der Waals surface area (Å²) in [6, 6.07) is 6.88. The second-order valence-electron chi connectivity index (χ2n) is 6.42. The van der Waals surface area contributed by atoms with Crippen LogP contribution in [0, 0.1) is 0 Å². The van der Waals surface area contributed by atoms with Crippen LogP contribution in [0.5, 0.6) is 0 Å². The van der Waals surface area contributed by atoms with Gasteiger partial charge in [-0.05, 0) is 42.9 Å². The van der Waals surface area contributed by atoms with Crippen LogP contribution in [0.3, 0.4) is 0 Å². The summed E-state index contributed by atoms with van der Waals surface area (Å²) in [5, 5.41) is 14.4. The van der Waals surface area contributed by atoms with E-state index in [0.29, 0.717) is 6.04 Å². The van der Waals surface area contributed by atoms with Gasteiger partial charge in [0.05, 0.1) is 5.60 Å². The molecule has 1 aromatic carbocycles. The molecule has 2 N–H and O–H groups in total. The van der Waals surface area contributed by atoms with Gasteiger partial charge >= 0.3 is 0 Å². The second kappa shape index (κ2) is 6.17. The zero-order valence-electron chi connectivity index (χ0n) is 12.0. The minimum atomic E-state index is -0.481. The minimum Gasteiger partial charge on any atom is -0.389 e. The first-order valence-corrected chi connectivity index (χ1v) is 8.70. The molecule has 20 heavy (non-hydrogen) atoms. The predicted octanol–water partition coefficient (Wildman–Crippen LogP) is 4.11. The normalized spacial score (nSPS) is 25.2. The first-order valence-electron chi connectivity index (χ1n) is 7.91. The number of aliphatic hydroxyl groups is 1. The van der Waals surface area contributed by atoms with Crippen LogP contribution in [-0.2, 0) is 6.42 Å². The molecule has 0 radical (unpaired) electrons. The average Bonchev–Trinajstić information content (AvgIpc) is 2.73. The lowest BCUT2D eigenvalue weighted by Gasteiger charge is -2.29. The Morgan fingerprint density at radius 1 is 1.20 bits per heavy atom. The van der Waals surface area contributed by atoms with E-state index in [1.807, 2.05) is 0 Å². The molecule has 0 aliphatic heterocycles. The van der Waals surface area contributed by atoms with Crippen molar-refractivity contribution < 1.29 is 5.11 Å². The number of nitrogens with one attached hydrogen (secondary N) is 1. The molecule has 1 fully saturated rings. The molecule has 2 aliphatic rings. The molecule has 1 saturated carbocycles. The summed E-state index contributed by atoms with van der Waals surface area (Å²) in [5.74, 6) is 0. The van der Waals surface area contributed by atoms with Gasteiger partial charge in [0.25, 0.3) is 0 Å². The van der Waals surface area contributed by atoms with Crippen molar-refractivity contribution in [3.8, 4) is 0 Å². The number of hydrogen-bond donors (Lipinski definition) is 2. The van der Waals surface area contributed by atoms with Gasteiger partial charge in [-0.1, -0.05) is 53.7 Å². The van der Waals surface area contributed by atoms with E-state index in [2.05, 4.69) is 39.4 Å². The van der Waals surface area contributed by atoms with E-state index in [1.54, 1.807) is 0 Å². The molecule has 0 bridgehead atoms. The van der Waals surface area contributed by atoms with Crippen molar-refractivity contribution >= 4 is 15.9 Å². The number of fused-ring (bicyclic) bond motifs is 1. The monoisotopic (exact) mass is 337 g/mol. The summed E-state index contributed by atoms with van der Waals surface area (Å²) in [6.45, 7) is 0.740. The molecule has 0 aromatic heterocycles. The van der Waals surface area contributed by atoms with Gasteiger partial charge in [-0.25, -0.2) is 0 Å². The van der Waals surface area contributed by atoms with Crippen LogP contribution < -0.4 is 5.32 Å². The molecule has 1 atom stereocenters. The molecular weight excluding hydrogens is 314 g/mol. The predicted molar refractivity (Wildman–Crippen MR) is 85.9 cm³/mol. The summed E-state index contributed by atoms with van der Waals surface area (Å²) in [4.78, 5) is 0. The quantitative estimate of drug-likeness (QED) is 0.813. The molecule has 2 nitrogen and oxygen atoms in total. The lowest BCUT2D eigenvalue weighted by Crippen LogP contribution is -2.41. The third-order valence-electron chi connectivity index (χ3n) is 4.93. The van der Waals surface area contributed by atoms with Crippen molar-refractivity contribution in [1.29, 1.82) is 0 Å². The fraction of sp³-hybridized carbons (Fsp3) is 0.647. The second-order valence-corrected chi connectivity index (χ2v) is 7.27. The van der Waals surface area contributed by atoms with Crippen molar-refractivity contribution in [3.05, 3.63) is 33.8 Å². The zero-order valence-corrected chi connectivity index (χ0v) is 13.6. The van der Waals surface area contributed by atoms with Crippen LogP contribution in [0.2, 0.25) is 0 Å². The highest BCUT2D eigenvalue weighted by atomic mass is 79.9. The molecule has 2 aliphatic carbocycles. The van der Waals surface area contributed by atoms with Gasteiger partial charge in [0.1, 0.15) is 0 Å². The lowest BCUT2D eigenvalue weighted by molar-refractivity contribution is 0.0227. The maximum atomic E-state index is 10.7. The third-order valence-corrected chi connectivity index (χ3v) is 5.67. The van der Waals surface area contributed by atoms with Crippen molar-refractivity contribution in [2.75, 3.05) is 6.54 Å². The van der Waals surface area contributed by atoms with Crippen molar-refractivity contribution in [1.82, 2.24) is 5.32 Å². The standard InChI is InChI=1S/C17H24BrNO/c18-15-7-5-6-14-13(15)8-9-16(14)19-12-17(20)10-3-1-2-4-11-17/h5-7,16,19-20H,1-4,8-12H2. The first-order chi connectivity index (χ1) is 9.68. The Morgan fingerprint density at radius 2 is 1.95 bits per heavy atom. The molecule has 3 rings (SSSR count). The van der Waals surface area contributed by atoms with E-state index in [1.165, 1.54) is 41.3 Å². The molecule has 0 heterocycles. The summed E-state index contributed by atoms with van der Waals surface area (Å²) in [7, 11) is 0. The van der Waals surface area contributed by atoms with Crippen LogP contribution >= 0.6 is 15.9 Å². The Labute approximate surface area is 130 Å². The van der Waals surface area contributed by atoms with E-state index >= 15 is 0 Å². The van der Waals surface area contributed by atoms with E-state index in [-0.39, 0.29) is 0 Å².